The molecule has 3 aromatic heterocycles. The molecule has 0 aliphatic carbocycles. The number of likely N-dealkylation sites (tertiary alicyclic amines) is 1. The third-order valence-electron chi connectivity index (χ3n) is 7.60. The Morgan fingerprint density at radius 2 is 1.93 bits per heavy atom. The summed E-state index contributed by atoms with van der Waals surface area (Å²) in [5.41, 5.74) is 4.87. The number of hydrogen-bond acceptors (Lipinski definition) is 4. The second kappa shape index (κ2) is 10.9. The van der Waals surface area contributed by atoms with Crippen LogP contribution in [0, 0.1) is 0 Å². The quantitative estimate of drug-likeness (QED) is 0.254. The van der Waals surface area contributed by atoms with E-state index < -0.39 is 6.17 Å². The number of carbonyl (C=O) groups excluding carboxylic acids is 1. The van der Waals surface area contributed by atoms with E-state index in [4.69, 9.17) is 0 Å². The van der Waals surface area contributed by atoms with Crippen molar-refractivity contribution in [2.75, 3.05) is 18.4 Å². The Kier molecular flexibility index (Phi) is 7.04. The summed E-state index contributed by atoms with van der Waals surface area (Å²) in [5, 5.41) is 8.24. The number of hydrogen-bond donors (Lipinski definition) is 3. The molecule has 2 aromatic carbocycles. The molecule has 1 saturated heterocycles. The molecule has 1 aliphatic rings. The minimum Gasteiger partial charge on any atom is -0.354 e. The molecule has 9 heteroatoms. The molecule has 0 spiro atoms. The average Bonchev–Trinajstić information content (AvgIpc) is 3.63. The van der Waals surface area contributed by atoms with Gasteiger partial charge in [0.1, 0.15) is 6.17 Å². The molecule has 6 rings (SSSR count). The zero-order valence-electron chi connectivity index (χ0n) is 22.2. The molecule has 5 aromatic rings. The number of pyridine rings is 1. The van der Waals surface area contributed by atoms with Crippen LogP contribution in [0.15, 0.2) is 84.0 Å². The summed E-state index contributed by atoms with van der Waals surface area (Å²) < 4.78 is 15.2. The Morgan fingerprint density at radius 3 is 2.73 bits per heavy atom. The SMILES string of the molecule is CC(c1ccccc1)n1cc(C(=O)Nc2c[nH]c(=O)c(-c3cc4cc(CN5CCC(F)CC5)ccc4[nH]3)c2)cn1. The largest absolute Gasteiger partial charge is 0.354 e. The number of H-pyrrole nitrogens is 2. The third kappa shape index (κ3) is 5.46. The van der Waals surface area contributed by atoms with E-state index in [1.54, 1.807) is 16.9 Å². The monoisotopic (exact) mass is 538 g/mol. The van der Waals surface area contributed by atoms with Crippen LogP contribution in [0.5, 0.6) is 0 Å². The number of alkyl halides is 1. The fourth-order valence-electron chi connectivity index (χ4n) is 5.25. The molecule has 0 radical (unpaired) electrons. The van der Waals surface area contributed by atoms with E-state index in [-0.39, 0.29) is 17.5 Å². The number of amides is 1. The van der Waals surface area contributed by atoms with E-state index in [2.05, 4.69) is 37.4 Å². The molecular formula is C31H31FN6O2. The highest BCUT2D eigenvalue weighted by Crippen LogP contribution is 2.26. The van der Waals surface area contributed by atoms with Gasteiger partial charge in [0.15, 0.2) is 0 Å². The Bertz CT molecular complexity index is 1700. The van der Waals surface area contributed by atoms with Gasteiger partial charge in [-0.1, -0.05) is 36.4 Å². The van der Waals surface area contributed by atoms with Crippen LogP contribution >= 0.6 is 0 Å². The van der Waals surface area contributed by atoms with Gasteiger partial charge in [0.25, 0.3) is 11.5 Å². The van der Waals surface area contributed by atoms with Gasteiger partial charge >= 0.3 is 0 Å². The van der Waals surface area contributed by atoms with Crippen molar-refractivity contribution in [3.8, 4) is 11.3 Å². The second-order valence-electron chi connectivity index (χ2n) is 10.4. The summed E-state index contributed by atoms with van der Waals surface area (Å²) in [4.78, 5) is 34.1. The molecule has 8 nitrogen and oxygen atoms in total. The smallest absolute Gasteiger partial charge is 0.258 e. The van der Waals surface area contributed by atoms with Crippen molar-refractivity contribution in [3.05, 3.63) is 106 Å². The predicted molar refractivity (Wildman–Crippen MR) is 154 cm³/mol. The number of rotatable bonds is 7. The lowest BCUT2D eigenvalue weighted by atomic mass is 10.1. The highest BCUT2D eigenvalue weighted by molar-refractivity contribution is 6.04. The Hall–Kier alpha value is -4.50. The standard InChI is InChI=1S/C31H31FN6O2/c1-20(22-5-3-2-4-6-22)38-19-24(16-34-38)30(39)35-26-15-27(31(40)33-17-26)29-14-23-13-21(7-8-28(23)36-29)18-37-11-9-25(32)10-12-37/h2-8,13-17,19-20,25,36H,9-12,18H2,1H3,(H,33,40)(H,35,39). The molecule has 0 bridgehead atoms. The summed E-state index contributed by atoms with van der Waals surface area (Å²) in [6, 6.07) is 19.7. The number of fused-ring (bicyclic) bond motifs is 1. The van der Waals surface area contributed by atoms with E-state index in [1.807, 2.05) is 49.4 Å². The van der Waals surface area contributed by atoms with Crippen molar-refractivity contribution >= 4 is 22.5 Å². The van der Waals surface area contributed by atoms with Gasteiger partial charge in [-0.05, 0) is 55.2 Å². The normalized spacial score (nSPS) is 15.3. The van der Waals surface area contributed by atoms with Gasteiger partial charge in [0.2, 0.25) is 0 Å². The van der Waals surface area contributed by atoms with Crippen molar-refractivity contribution in [3.63, 3.8) is 0 Å². The maximum Gasteiger partial charge on any atom is 0.258 e. The van der Waals surface area contributed by atoms with E-state index >= 15 is 0 Å². The van der Waals surface area contributed by atoms with Crippen molar-refractivity contribution in [1.82, 2.24) is 24.6 Å². The van der Waals surface area contributed by atoms with Gasteiger partial charge in [-0.15, -0.1) is 0 Å². The number of piperidine rings is 1. The summed E-state index contributed by atoms with van der Waals surface area (Å²) >= 11 is 0. The van der Waals surface area contributed by atoms with Crippen molar-refractivity contribution in [1.29, 1.82) is 0 Å². The van der Waals surface area contributed by atoms with Gasteiger partial charge < -0.3 is 15.3 Å². The zero-order chi connectivity index (χ0) is 27.6. The lowest BCUT2D eigenvalue weighted by Gasteiger charge is -2.28. The number of aromatic nitrogens is 4. The van der Waals surface area contributed by atoms with Crippen LogP contribution in [0.4, 0.5) is 10.1 Å². The van der Waals surface area contributed by atoms with E-state index in [1.165, 1.54) is 12.4 Å². The number of benzene rings is 2. The number of carbonyl (C=O) groups is 1. The van der Waals surface area contributed by atoms with Gasteiger partial charge in [0.05, 0.1) is 34.7 Å². The summed E-state index contributed by atoms with van der Waals surface area (Å²) in [6.45, 7) is 4.32. The Labute approximate surface area is 230 Å². The van der Waals surface area contributed by atoms with Crippen LogP contribution in [0.1, 0.15) is 47.3 Å². The fraction of sp³-hybridized carbons (Fsp3) is 0.258. The van der Waals surface area contributed by atoms with Crippen molar-refractivity contribution in [2.45, 2.75) is 38.5 Å². The summed E-state index contributed by atoms with van der Waals surface area (Å²) in [5.74, 6) is -0.317. The lowest BCUT2D eigenvalue weighted by Crippen LogP contribution is -2.33. The minimum absolute atomic E-state index is 0.0210. The molecule has 40 heavy (non-hydrogen) atoms. The first-order valence-corrected chi connectivity index (χ1v) is 13.5. The zero-order valence-corrected chi connectivity index (χ0v) is 22.2. The van der Waals surface area contributed by atoms with Crippen LogP contribution in [0.2, 0.25) is 0 Å². The number of aromatic amines is 2. The molecular weight excluding hydrogens is 507 g/mol. The van der Waals surface area contributed by atoms with E-state index in [0.29, 0.717) is 35.3 Å². The summed E-state index contributed by atoms with van der Waals surface area (Å²) in [6.07, 6.45) is 5.22. The van der Waals surface area contributed by atoms with Crippen LogP contribution in [-0.2, 0) is 6.54 Å². The first-order chi connectivity index (χ1) is 19.4. The maximum absolute atomic E-state index is 13.5. The number of halogens is 1. The van der Waals surface area contributed by atoms with Crippen molar-refractivity contribution in [2.24, 2.45) is 0 Å². The van der Waals surface area contributed by atoms with Gasteiger partial charge in [-0.2, -0.15) is 5.10 Å². The first-order valence-electron chi connectivity index (χ1n) is 13.5. The average molecular weight is 539 g/mol. The third-order valence-corrected chi connectivity index (χ3v) is 7.60. The topological polar surface area (TPSA) is 98.8 Å². The minimum atomic E-state index is -0.689. The van der Waals surface area contributed by atoms with Crippen LogP contribution in [-0.4, -0.2) is 49.8 Å². The van der Waals surface area contributed by atoms with Gasteiger partial charge in [-0.3, -0.25) is 19.2 Å². The maximum atomic E-state index is 13.5. The molecule has 1 unspecified atom stereocenters. The number of nitrogens with zero attached hydrogens (tertiary/aromatic N) is 3. The number of anilines is 1. The molecule has 1 fully saturated rings. The van der Waals surface area contributed by atoms with Crippen LogP contribution in [0.3, 0.4) is 0 Å². The lowest BCUT2D eigenvalue weighted by molar-refractivity contribution is 0.102. The Morgan fingerprint density at radius 1 is 1.12 bits per heavy atom. The molecule has 0 saturated carbocycles. The molecule has 3 N–H and O–H groups in total. The highest BCUT2D eigenvalue weighted by Gasteiger charge is 2.19. The summed E-state index contributed by atoms with van der Waals surface area (Å²) in [7, 11) is 0. The second-order valence-corrected chi connectivity index (χ2v) is 10.4. The van der Waals surface area contributed by atoms with Crippen LogP contribution < -0.4 is 10.9 Å². The Balaban J connectivity index is 1.18. The molecule has 1 amide bonds. The predicted octanol–water partition coefficient (Wildman–Crippen LogP) is 5.52. The van der Waals surface area contributed by atoms with E-state index in [0.717, 1.165) is 41.7 Å². The molecule has 204 valence electrons. The van der Waals surface area contributed by atoms with Crippen LogP contribution in [0.25, 0.3) is 22.2 Å². The highest BCUT2D eigenvalue weighted by atomic mass is 19.1. The first kappa shape index (κ1) is 25.8. The molecule has 1 atom stereocenters. The van der Waals surface area contributed by atoms with Gasteiger partial charge in [-0.25, -0.2) is 4.39 Å². The van der Waals surface area contributed by atoms with Gasteiger partial charge in [0, 0.05) is 42.9 Å². The van der Waals surface area contributed by atoms with E-state index in [9.17, 15) is 14.0 Å². The van der Waals surface area contributed by atoms with Crippen molar-refractivity contribution < 1.29 is 9.18 Å². The molecule has 1 aliphatic heterocycles. The fourth-order valence-corrected chi connectivity index (χ4v) is 5.25. The molecule has 4 heterocycles. The number of nitrogens with one attached hydrogen (secondary N) is 3.